The summed E-state index contributed by atoms with van der Waals surface area (Å²) in [5.74, 6) is 1.10. The molecule has 24 heavy (non-hydrogen) atoms. The summed E-state index contributed by atoms with van der Waals surface area (Å²) in [4.78, 5) is 8.18. The van der Waals surface area contributed by atoms with Crippen LogP contribution in [0.15, 0.2) is 42.0 Å². The molecule has 1 saturated heterocycles. The highest BCUT2D eigenvalue weighted by Gasteiger charge is 2.13. The van der Waals surface area contributed by atoms with Gasteiger partial charge in [-0.2, -0.15) is 5.10 Å². The molecule has 5 nitrogen and oxygen atoms in total. The van der Waals surface area contributed by atoms with Gasteiger partial charge >= 0.3 is 0 Å². The van der Waals surface area contributed by atoms with Gasteiger partial charge in [0.2, 0.25) is 0 Å². The van der Waals surface area contributed by atoms with E-state index in [2.05, 4.69) is 55.0 Å². The summed E-state index contributed by atoms with van der Waals surface area (Å²) in [5.41, 5.74) is 3.51. The van der Waals surface area contributed by atoms with Gasteiger partial charge < -0.3 is 10.2 Å². The predicted molar refractivity (Wildman–Crippen MR) is 98.1 cm³/mol. The number of anilines is 1. The van der Waals surface area contributed by atoms with E-state index in [1.54, 1.807) is 11.3 Å². The van der Waals surface area contributed by atoms with E-state index in [1.807, 2.05) is 12.4 Å². The summed E-state index contributed by atoms with van der Waals surface area (Å²) >= 11 is 1.72. The highest BCUT2D eigenvalue weighted by atomic mass is 32.1. The number of hydrogen-bond donors (Lipinski definition) is 2. The van der Waals surface area contributed by atoms with E-state index >= 15 is 0 Å². The lowest BCUT2D eigenvalue weighted by Gasteiger charge is -2.16. The summed E-state index contributed by atoms with van der Waals surface area (Å²) in [6.45, 7) is 3.87. The van der Waals surface area contributed by atoms with Crippen LogP contribution in [0, 0.1) is 0 Å². The Hall–Kier alpha value is -2.18. The van der Waals surface area contributed by atoms with Crippen molar-refractivity contribution in [3.05, 3.63) is 53.2 Å². The molecule has 1 aliphatic heterocycles. The molecule has 0 aromatic carbocycles. The van der Waals surface area contributed by atoms with E-state index in [4.69, 9.17) is 0 Å². The Morgan fingerprint density at radius 1 is 1.12 bits per heavy atom. The molecule has 0 aliphatic carbocycles. The van der Waals surface area contributed by atoms with Crippen molar-refractivity contribution in [2.24, 2.45) is 0 Å². The van der Waals surface area contributed by atoms with Crippen LogP contribution in [0.1, 0.15) is 24.0 Å². The molecule has 0 unspecified atom stereocenters. The number of H-pyrrole nitrogens is 1. The van der Waals surface area contributed by atoms with Gasteiger partial charge in [-0.1, -0.05) is 12.1 Å². The third kappa shape index (κ3) is 3.34. The Morgan fingerprint density at radius 2 is 2.04 bits per heavy atom. The molecule has 3 aromatic heterocycles. The molecular formula is C18H21N5S. The van der Waals surface area contributed by atoms with Crippen LogP contribution < -0.4 is 10.2 Å². The molecule has 0 amide bonds. The Balaban J connectivity index is 1.34. The molecule has 0 spiro atoms. The summed E-state index contributed by atoms with van der Waals surface area (Å²) in [7, 11) is 0. The fourth-order valence-corrected chi connectivity index (χ4v) is 3.83. The van der Waals surface area contributed by atoms with Crippen molar-refractivity contribution in [2.75, 3.05) is 18.0 Å². The van der Waals surface area contributed by atoms with E-state index in [0.29, 0.717) is 0 Å². The van der Waals surface area contributed by atoms with Gasteiger partial charge in [-0.15, -0.1) is 11.3 Å². The maximum atomic E-state index is 4.60. The molecule has 0 radical (unpaired) electrons. The van der Waals surface area contributed by atoms with Crippen LogP contribution in [0.2, 0.25) is 0 Å². The topological polar surface area (TPSA) is 56.8 Å². The quantitative estimate of drug-likeness (QED) is 0.722. The molecule has 0 atom stereocenters. The van der Waals surface area contributed by atoms with Gasteiger partial charge in [-0.05, 0) is 35.9 Å². The number of rotatable bonds is 6. The third-order valence-corrected chi connectivity index (χ3v) is 5.26. The minimum Gasteiger partial charge on any atom is -0.357 e. The molecule has 0 saturated carbocycles. The lowest BCUT2D eigenvalue weighted by molar-refractivity contribution is 0.692. The molecule has 3 aromatic rings. The molecular weight excluding hydrogens is 318 g/mol. The SMILES string of the molecule is c1csc(-c2[nH]ncc2CNCc2ccc(N3CCCC3)nc2)c1. The van der Waals surface area contributed by atoms with Crippen LogP contribution in [0.25, 0.3) is 10.6 Å². The Bertz CT molecular complexity index is 757. The average Bonchev–Trinajstić information content (AvgIpc) is 3.37. The van der Waals surface area contributed by atoms with Gasteiger partial charge in [0.25, 0.3) is 0 Å². The van der Waals surface area contributed by atoms with E-state index in [-0.39, 0.29) is 0 Å². The number of hydrogen-bond acceptors (Lipinski definition) is 5. The molecule has 124 valence electrons. The van der Waals surface area contributed by atoms with E-state index in [9.17, 15) is 0 Å². The average molecular weight is 339 g/mol. The zero-order valence-electron chi connectivity index (χ0n) is 13.5. The standard InChI is InChI=1S/C18H21N5S/c1-2-8-23(7-1)17-6-5-14(11-20-17)10-19-12-15-13-21-22-18(15)16-4-3-9-24-16/h3-6,9,11,13,19H,1-2,7-8,10,12H2,(H,21,22). The van der Waals surface area contributed by atoms with Crippen LogP contribution in [-0.2, 0) is 13.1 Å². The summed E-state index contributed by atoms with van der Waals surface area (Å²) in [6, 6.07) is 8.48. The maximum absolute atomic E-state index is 4.60. The van der Waals surface area contributed by atoms with Gasteiger partial charge in [0.05, 0.1) is 16.8 Å². The third-order valence-electron chi connectivity index (χ3n) is 4.37. The molecule has 4 rings (SSSR count). The lowest BCUT2D eigenvalue weighted by atomic mass is 10.2. The van der Waals surface area contributed by atoms with Crippen molar-refractivity contribution in [1.82, 2.24) is 20.5 Å². The summed E-state index contributed by atoms with van der Waals surface area (Å²) < 4.78 is 0. The van der Waals surface area contributed by atoms with Crippen molar-refractivity contribution in [2.45, 2.75) is 25.9 Å². The first-order chi connectivity index (χ1) is 11.9. The Morgan fingerprint density at radius 3 is 2.79 bits per heavy atom. The fourth-order valence-electron chi connectivity index (χ4n) is 3.08. The monoisotopic (exact) mass is 339 g/mol. The second-order valence-electron chi connectivity index (χ2n) is 6.07. The van der Waals surface area contributed by atoms with Gasteiger partial charge in [-0.25, -0.2) is 4.98 Å². The van der Waals surface area contributed by atoms with Crippen molar-refractivity contribution < 1.29 is 0 Å². The number of nitrogens with zero attached hydrogens (tertiary/aromatic N) is 3. The summed E-state index contributed by atoms with van der Waals surface area (Å²) in [6.07, 6.45) is 6.44. The number of aromatic amines is 1. The van der Waals surface area contributed by atoms with Crippen molar-refractivity contribution in [3.63, 3.8) is 0 Å². The predicted octanol–water partition coefficient (Wildman–Crippen LogP) is 3.42. The number of pyridine rings is 1. The first-order valence-corrected chi connectivity index (χ1v) is 9.25. The van der Waals surface area contributed by atoms with Gasteiger partial charge in [-0.3, -0.25) is 5.10 Å². The van der Waals surface area contributed by atoms with E-state index in [1.165, 1.54) is 28.8 Å². The first-order valence-electron chi connectivity index (χ1n) is 8.37. The minimum atomic E-state index is 0.789. The van der Waals surface area contributed by atoms with Crippen LogP contribution in [-0.4, -0.2) is 28.3 Å². The van der Waals surface area contributed by atoms with Gasteiger partial charge in [0, 0.05) is 37.9 Å². The molecule has 6 heteroatoms. The number of nitrogens with one attached hydrogen (secondary N) is 2. The van der Waals surface area contributed by atoms with Gasteiger partial charge in [0.1, 0.15) is 5.82 Å². The maximum Gasteiger partial charge on any atom is 0.128 e. The Kier molecular flexibility index (Phi) is 4.57. The van der Waals surface area contributed by atoms with Crippen molar-refractivity contribution in [1.29, 1.82) is 0 Å². The number of aromatic nitrogens is 3. The Labute approximate surface area is 145 Å². The normalized spacial score (nSPS) is 14.4. The number of thiophene rings is 1. The fraction of sp³-hybridized carbons (Fsp3) is 0.333. The molecule has 2 N–H and O–H groups in total. The zero-order chi connectivity index (χ0) is 16.2. The first kappa shape index (κ1) is 15.4. The van der Waals surface area contributed by atoms with E-state index in [0.717, 1.165) is 37.7 Å². The second kappa shape index (κ2) is 7.15. The minimum absolute atomic E-state index is 0.789. The van der Waals surface area contributed by atoms with Crippen LogP contribution in [0.5, 0.6) is 0 Å². The molecule has 1 aliphatic rings. The largest absolute Gasteiger partial charge is 0.357 e. The highest BCUT2D eigenvalue weighted by molar-refractivity contribution is 7.13. The second-order valence-corrected chi connectivity index (χ2v) is 7.02. The zero-order valence-corrected chi connectivity index (χ0v) is 14.4. The highest BCUT2D eigenvalue weighted by Crippen LogP contribution is 2.25. The summed E-state index contributed by atoms with van der Waals surface area (Å²) in [5, 5.41) is 12.9. The van der Waals surface area contributed by atoms with Crippen LogP contribution >= 0.6 is 11.3 Å². The molecule has 4 heterocycles. The molecule has 1 fully saturated rings. The van der Waals surface area contributed by atoms with Crippen molar-refractivity contribution >= 4 is 17.2 Å². The lowest BCUT2D eigenvalue weighted by Crippen LogP contribution is -2.19. The smallest absolute Gasteiger partial charge is 0.128 e. The van der Waals surface area contributed by atoms with Crippen molar-refractivity contribution in [3.8, 4) is 10.6 Å². The van der Waals surface area contributed by atoms with Crippen LogP contribution in [0.4, 0.5) is 5.82 Å². The molecule has 0 bridgehead atoms. The van der Waals surface area contributed by atoms with Crippen LogP contribution in [0.3, 0.4) is 0 Å². The van der Waals surface area contributed by atoms with E-state index < -0.39 is 0 Å². The van der Waals surface area contributed by atoms with Gasteiger partial charge in [0.15, 0.2) is 0 Å².